The summed E-state index contributed by atoms with van der Waals surface area (Å²) in [4.78, 5) is 16.2. The van der Waals surface area contributed by atoms with Crippen LogP contribution in [0.2, 0.25) is 0 Å². The fourth-order valence-electron chi connectivity index (χ4n) is 2.62. The Morgan fingerprint density at radius 3 is 2.74 bits per heavy atom. The molecule has 3 nitrogen and oxygen atoms in total. The van der Waals surface area contributed by atoms with Crippen LogP contribution in [0.3, 0.4) is 0 Å². The van der Waals surface area contributed by atoms with Crippen molar-refractivity contribution < 1.29 is 9.18 Å². The molecule has 1 N–H and O–H groups in total. The third-order valence-corrected chi connectivity index (χ3v) is 3.65. The molecule has 0 bridgehead atoms. The van der Waals surface area contributed by atoms with E-state index < -0.39 is 0 Å². The Kier molecular flexibility index (Phi) is 3.15. The first kappa shape index (κ1) is 12.1. The van der Waals surface area contributed by atoms with Crippen LogP contribution >= 0.6 is 0 Å². The lowest BCUT2D eigenvalue weighted by Crippen LogP contribution is -2.29. The van der Waals surface area contributed by atoms with Crippen molar-refractivity contribution in [3.8, 4) is 0 Å². The molecule has 98 valence electrons. The van der Waals surface area contributed by atoms with Gasteiger partial charge in [0.25, 0.3) is 5.91 Å². The quantitative estimate of drug-likeness (QED) is 0.814. The second-order valence-electron chi connectivity index (χ2n) is 4.98. The van der Waals surface area contributed by atoms with Gasteiger partial charge in [-0.25, -0.2) is 9.38 Å². The van der Waals surface area contributed by atoms with Gasteiger partial charge in [0.1, 0.15) is 17.3 Å². The number of amidine groups is 1. The summed E-state index contributed by atoms with van der Waals surface area (Å²) in [5, 5.41) is 2.81. The zero-order valence-electron chi connectivity index (χ0n) is 10.5. The SMILES string of the molecule is O=C1NC(C2CCCC2)=N/C1=C\c1ccccc1F. The molecule has 0 radical (unpaired) electrons. The van der Waals surface area contributed by atoms with E-state index in [2.05, 4.69) is 10.3 Å². The highest BCUT2D eigenvalue weighted by atomic mass is 19.1. The van der Waals surface area contributed by atoms with Crippen molar-refractivity contribution in [1.29, 1.82) is 0 Å². The number of amides is 1. The lowest BCUT2D eigenvalue weighted by atomic mass is 10.1. The lowest BCUT2D eigenvalue weighted by molar-refractivity contribution is -0.115. The second kappa shape index (κ2) is 4.96. The molecule has 1 aliphatic carbocycles. The number of aliphatic imine (C=N–C) groups is 1. The molecule has 2 aliphatic rings. The molecule has 3 rings (SSSR count). The third-order valence-electron chi connectivity index (χ3n) is 3.65. The van der Waals surface area contributed by atoms with Crippen LogP contribution in [0, 0.1) is 11.7 Å². The van der Waals surface area contributed by atoms with Gasteiger partial charge < -0.3 is 5.32 Å². The maximum Gasteiger partial charge on any atom is 0.275 e. The summed E-state index contributed by atoms with van der Waals surface area (Å²) in [6.07, 6.45) is 6.03. The largest absolute Gasteiger partial charge is 0.308 e. The Morgan fingerprint density at radius 1 is 1.26 bits per heavy atom. The van der Waals surface area contributed by atoms with Crippen molar-refractivity contribution in [2.45, 2.75) is 25.7 Å². The molecule has 4 heteroatoms. The van der Waals surface area contributed by atoms with E-state index in [1.807, 2.05) is 0 Å². The van der Waals surface area contributed by atoms with Gasteiger partial charge >= 0.3 is 0 Å². The summed E-state index contributed by atoms with van der Waals surface area (Å²) in [7, 11) is 0. The van der Waals surface area contributed by atoms with Gasteiger partial charge in [-0.1, -0.05) is 31.0 Å². The molecule has 19 heavy (non-hydrogen) atoms. The standard InChI is InChI=1S/C15H15FN2O/c16-12-8-4-3-7-11(12)9-13-15(19)18-14(17-13)10-5-1-2-6-10/h3-4,7-10H,1-2,5-6H2,(H,17,18,19)/b13-9-. The Morgan fingerprint density at radius 2 is 2.00 bits per heavy atom. The van der Waals surface area contributed by atoms with E-state index in [0.717, 1.165) is 18.7 Å². The van der Waals surface area contributed by atoms with Crippen LogP contribution in [0.25, 0.3) is 6.08 Å². The number of hydrogen-bond donors (Lipinski definition) is 1. The normalized spacial score (nSPS) is 21.8. The molecule has 1 amide bonds. The summed E-state index contributed by atoms with van der Waals surface area (Å²) in [5.41, 5.74) is 0.691. The van der Waals surface area contributed by atoms with E-state index >= 15 is 0 Å². The molecular weight excluding hydrogens is 243 g/mol. The van der Waals surface area contributed by atoms with E-state index in [4.69, 9.17) is 0 Å². The van der Waals surface area contributed by atoms with E-state index in [9.17, 15) is 9.18 Å². The van der Waals surface area contributed by atoms with Gasteiger partial charge in [-0.3, -0.25) is 4.79 Å². The highest BCUT2D eigenvalue weighted by Crippen LogP contribution is 2.28. The minimum absolute atomic E-state index is 0.231. The number of halogens is 1. The molecule has 1 heterocycles. The Bertz CT molecular complexity index is 571. The van der Waals surface area contributed by atoms with Crippen molar-refractivity contribution in [3.05, 3.63) is 41.3 Å². The van der Waals surface area contributed by atoms with Gasteiger partial charge in [0, 0.05) is 11.5 Å². The molecule has 0 aromatic heterocycles. The lowest BCUT2D eigenvalue weighted by Gasteiger charge is -2.06. The molecule has 1 saturated carbocycles. The van der Waals surface area contributed by atoms with Gasteiger partial charge in [0.05, 0.1) is 0 Å². The van der Waals surface area contributed by atoms with Gasteiger partial charge in [-0.05, 0) is 25.0 Å². The topological polar surface area (TPSA) is 41.5 Å². The molecule has 1 aromatic carbocycles. The van der Waals surface area contributed by atoms with Gasteiger partial charge in [0.15, 0.2) is 0 Å². The number of nitrogens with one attached hydrogen (secondary N) is 1. The van der Waals surface area contributed by atoms with E-state index in [1.165, 1.54) is 25.0 Å². The molecule has 0 atom stereocenters. The molecule has 0 saturated heterocycles. The van der Waals surface area contributed by atoms with Crippen LogP contribution in [-0.2, 0) is 4.79 Å². The molecule has 1 aliphatic heterocycles. The van der Waals surface area contributed by atoms with Gasteiger partial charge in [0.2, 0.25) is 0 Å². The highest BCUT2D eigenvalue weighted by Gasteiger charge is 2.28. The van der Waals surface area contributed by atoms with Crippen molar-refractivity contribution in [2.24, 2.45) is 10.9 Å². The summed E-state index contributed by atoms with van der Waals surface area (Å²) in [6, 6.07) is 6.38. The smallest absolute Gasteiger partial charge is 0.275 e. The number of hydrogen-bond acceptors (Lipinski definition) is 2. The van der Waals surface area contributed by atoms with Crippen LogP contribution in [-0.4, -0.2) is 11.7 Å². The molecule has 0 unspecified atom stereocenters. The number of carbonyl (C=O) groups excluding carboxylic acids is 1. The van der Waals surface area contributed by atoms with Crippen molar-refractivity contribution >= 4 is 17.8 Å². The first-order valence-electron chi connectivity index (χ1n) is 6.60. The van der Waals surface area contributed by atoms with Gasteiger partial charge in [-0.2, -0.15) is 0 Å². The zero-order valence-corrected chi connectivity index (χ0v) is 10.5. The number of benzene rings is 1. The van der Waals surface area contributed by atoms with E-state index in [1.54, 1.807) is 18.2 Å². The Hall–Kier alpha value is -1.97. The fraction of sp³-hybridized carbons (Fsp3) is 0.333. The first-order valence-corrected chi connectivity index (χ1v) is 6.60. The average molecular weight is 258 g/mol. The molecular formula is C15H15FN2O. The summed E-state index contributed by atoms with van der Waals surface area (Å²) in [6.45, 7) is 0. The Labute approximate surface area is 111 Å². The summed E-state index contributed by atoms with van der Waals surface area (Å²) < 4.78 is 13.5. The molecule has 1 fully saturated rings. The summed E-state index contributed by atoms with van der Waals surface area (Å²) in [5.74, 6) is 0.540. The van der Waals surface area contributed by atoms with E-state index in [-0.39, 0.29) is 11.7 Å². The molecule has 0 spiro atoms. The van der Waals surface area contributed by atoms with Gasteiger partial charge in [-0.15, -0.1) is 0 Å². The fourth-order valence-corrected chi connectivity index (χ4v) is 2.62. The first-order chi connectivity index (χ1) is 9.24. The minimum Gasteiger partial charge on any atom is -0.308 e. The minimum atomic E-state index is -0.340. The zero-order chi connectivity index (χ0) is 13.2. The molecule has 1 aromatic rings. The number of carbonyl (C=O) groups is 1. The predicted molar refractivity (Wildman–Crippen MR) is 71.9 cm³/mol. The number of nitrogens with zero attached hydrogens (tertiary/aromatic N) is 1. The second-order valence-corrected chi connectivity index (χ2v) is 4.98. The highest BCUT2D eigenvalue weighted by molar-refractivity contribution is 6.15. The third kappa shape index (κ3) is 2.43. The van der Waals surface area contributed by atoms with Crippen molar-refractivity contribution in [1.82, 2.24) is 5.32 Å². The predicted octanol–water partition coefficient (Wildman–Crippen LogP) is 2.89. The Balaban J connectivity index is 1.88. The summed E-state index contributed by atoms with van der Waals surface area (Å²) >= 11 is 0. The van der Waals surface area contributed by atoms with Crippen LogP contribution in [0.5, 0.6) is 0 Å². The monoisotopic (exact) mass is 258 g/mol. The average Bonchev–Trinajstić information content (AvgIpc) is 3.02. The van der Waals surface area contributed by atoms with Crippen LogP contribution in [0.1, 0.15) is 31.2 Å². The van der Waals surface area contributed by atoms with Crippen molar-refractivity contribution in [2.75, 3.05) is 0 Å². The maximum atomic E-state index is 13.5. The van der Waals surface area contributed by atoms with Crippen LogP contribution in [0.4, 0.5) is 4.39 Å². The van der Waals surface area contributed by atoms with E-state index in [0.29, 0.717) is 17.2 Å². The maximum absolute atomic E-state index is 13.5. The van der Waals surface area contributed by atoms with Crippen molar-refractivity contribution in [3.63, 3.8) is 0 Å². The van der Waals surface area contributed by atoms with Crippen LogP contribution in [0.15, 0.2) is 35.0 Å². The van der Waals surface area contributed by atoms with Crippen LogP contribution < -0.4 is 5.32 Å². The number of rotatable bonds is 2.